The molecule has 0 saturated carbocycles. The van der Waals surface area contributed by atoms with Gasteiger partial charge in [-0.2, -0.15) is 0 Å². The number of nitrogens with zero attached hydrogens (tertiary/aromatic N) is 3. The number of aliphatic imine (C=N–C) groups is 1. The molecule has 2 aromatic heterocycles. The van der Waals surface area contributed by atoms with Crippen LogP contribution >= 0.6 is 0 Å². The van der Waals surface area contributed by atoms with E-state index >= 15 is 0 Å². The van der Waals surface area contributed by atoms with Gasteiger partial charge in [0.05, 0.1) is 27.9 Å². The van der Waals surface area contributed by atoms with Crippen molar-refractivity contribution in [2.45, 2.75) is 26.2 Å². The van der Waals surface area contributed by atoms with E-state index < -0.39 is 0 Å². The fourth-order valence-corrected chi connectivity index (χ4v) is 7.72. The van der Waals surface area contributed by atoms with Crippen molar-refractivity contribution in [1.29, 1.82) is 0 Å². The fraction of sp³-hybridized carbons (Fsp3) is 0.0909. The van der Waals surface area contributed by atoms with Crippen molar-refractivity contribution in [3.05, 3.63) is 162 Å². The number of benzene rings is 6. The minimum absolute atomic E-state index is 0.316. The standard InChI is InChI=1S/C44H33N3/c1-28-39(31-24-22-30(23-25-31)29-14-6-4-7-15-29)35-19-10-12-20-36(35)46-43(28)47-38-21-13-11-18-33(38)34-26-27-37-40(41(34)47)44(2,3)42(45-37)32-16-8-5-9-17-32/h4-27H,1-3H3. The molecule has 8 aromatic rings. The van der Waals surface area contributed by atoms with E-state index in [9.17, 15) is 0 Å². The van der Waals surface area contributed by atoms with Crippen LogP contribution in [0.2, 0.25) is 0 Å². The maximum Gasteiger partial charge on any atom is 0.141 e. The molecule has 1 aliphatic heterocycles. The molecular weight excluding hydrogens is 571 g/mol. The molecule has 0 bridgehead atoms. The summed E-state index contributed by atoms with van der Waals surface area (Å²) in [7, 11) is 0. The summed E-state index contributed by atoms with van der Waals surface area (Å²) in [5, 5.41) is 3.60. The zero-order valence-electron chi connectivity index (χ0n) is 26.7. The number of para-hydroxylation sites is 2. The first-order valence-electron chi connectivity index (χ1n) is 16.3. The Morgan fingerprint density at radius 3 is 1.87 bits per heavy atom. The Kier molecular flexibility index (Phi) is 6.07. The van der Waals surface area contributed by atoms with Crippen LogP contribution in [0.25, 0.3) is 60.8 Å². The fourth-order valence-electron chi connectivity index (χ4n) is 7.72. The van der Waals surface area contributed by atoms with Gasteiger partial charge in [-0.15, -0.1) is 0 Å². The molecule has 3 heterocycles. The third-order valence-electron chi connectivity index (χ3n) is 9.91. The van der Waals surface area contributed by atoms with Crippen molar-refractivity contribution >= 4 is 44.1 Å². The van der Waals surface area contributed by atoms with Crippen molar-refractivity contribution in [2.24, 2.45) is 4.99 Å². The summed E-state index contributed by atoms with van der Waals surface area (Å²) in [6, 6.07) is 51.9. The zero-order valence-corrected chi connectivity index (χ0v) is 26.7. The molecule has 0 atom stereocenters. The molecule has 0 spiro atoms. The van der Waals surface area contributed by atoms with Gasteiger partial charge in [0.1, 0.15) is 5.82 Å². The first kappa shape index (κ1) is 27.5. The second kappa shape index (κ2) is 10.4. The number of rotatable bonds is 4. The van der Waals surface area contributed by atoms with Crippen LogP contribution in [0.1, 0.15) is 30.5 Å². The summed E-state index contributed by atoms with van der Waals surface area (Å²) < 4.78 is 2.41. The molecular formula is C44H33N3. The van der Waals surface area contributed by atoms with Gasteiger partial charge in [0.15, 0.2) is 0 Å². The number of aromatic nitrogens is 2. The Morgan fingerprint density at radius 1 is 0.532 bits per heavy atom. The van der Waals surface area contributed by atoms with Crippen molar-refractivity contribution < 1.29 is 0 Å². The Hall–Kier alpha value is -5.80. The summed E-state index contributed by atoms with van der Waals surface area (Å²) >= 11 is 0. The Balaban J connectivity index is 1.33. The monoisotopic (exact) mass is 603 g/mol. The maximum atomic E-state index is 5.44. The molecule has 0 saturated heterocycles. The van der Waals surface area contributed by atoms with Crippen molar-refractivity contribution in [3.63, 3.8) is 0 Å². The Labute approximate surface area is 274 Å². The van der Waals surface area contributed by atoms with Crippen LogP contribution in [-0.4, -0.2) is 15.3 Å². The van der Waals surface area contributed by atoms with Gasteiger partial charge in [-0.3, -0.25) is 9.56 Å². The summed E-state index contributed by atoms with van der Waals surface area (Å²) in [6.45, 7) is 6.86. The summed E-state index contributed by atoms with van der Waals surface area (Å²) in [4.78, 5) is 10.7. The molecule has 6 aromatic carbocycles. The van der Waals surface area contributed by atoms with Gasteiger partial charge in [0.25, 0.3) is 0 Å². The van der Waals surface area contributed by atoms with Gasteiger partial charge in [0.2, 0.25) is 0 Å². The first-order valence-corrected chi connectivity index (χ1v) is 16.3. The Morgan fingerprint density at radius 2 is 1.13 bits per heavy atom. The van der Waals surface area contributed by atoms with Crippen molar-refractivity contribution in [3.8, 4) is 28.1 Å². The normalized spacial score (nSPS) is 13.7. The first-order chi connectivity index (χ1) is 23.0. The third-order valence-corrected chi connectivity index (χ3v) is 9.91. The third kappa shape index (κ3) is 4.13. The molecule has 3 nitrogen and oxygen atoms in total. The van der Waals surface area contributed by atoms with E-state index in [1.54, 1.807) is 0 Å². The molecule has 0 fully saturated rings. The lowest BCUT2D eigenvalue weighted by Crippen LogP contribution is -2.27. The second-order valence-corrected chi connectivity index (χ2v) is 13.1. The van der Waals surface area contributed by atoms with E-state index in [0.717, 1.165) is 44.8 Å². The number of hydrogen-bond acceptors (Lipinski definition) is 2. The molecule has 0 amide bonds. The molecule has 47 heavy (non-hydrogen) atoms. The van der Waals surface area contributed by atoms with E-state index in [1.165, 1.54) is 44.1 Å². The van der Waals surface area contributed by atoms with Crippen molar-refractivity contribution in [2.75, 3.05) is 0 Å². The van der Waals surface area contributed by atoms with E-state index in [-0.39, 0.29) is 5.41 Å². The summed E-state index contributed by atoms with van der Waals surface area (Å²) in [6.07, 6.45) is 0. The highest BCUT2D eigenvalue weighted by Gasteiger charge is 2.39. The highest BCUT2D eigenvalue weighted by Crippen LogP contribution is 2.49. The van der Waals surface area contributed by atoms with E-state index in [2.05, 4.69) is 171 Å². The number of pyridine rings is 1. The predicted octanol–water partition coefficient (Wildman–Crippen LogP) is 11.4. The van der Waals surface area contributed by atoms with Crippen LogP contribution in [0.4, 0.5) is 5.69 Å². The SMILES string of the molecule is Cc1c(-n2c3ccccc3c3ccc4c(c32)C(C)(C)C(c2ccccc2)=N4)nc2ccccc2c1-c1ccc(-c2ccccc2)cc1. The molecule has 224 valence electrons. The molecule has 3 heteroatoms. The molecule has 1 aliphatic rings. The highest BCUT2D eigenvalue weighted by molar-refractivity contribution is 6.19. The van der Waals surface area contributed by atoms with Gasteiger partial charge in [0, 0.05) is 32.7 Å². The summed E-state index contributed by atoms with van der Waals surface area (Å²) in [5.74, 6) is 0.953. The maximum absolute atomic E-state index is 5.44. The average molecular weight is 604 g/mol. The Bertz CT molecular complexity index is 2520. The van der Waals surface area contributed by atoms with Crippen LogP contribution in [0.5, 0.6) is 0 Å². The lowest BCUT2D eigenvalue weighted by atomic mass is 9.78. The van der Waals surface area contributed by atoms with Gasteiger partial charge >= 0.3 is 0 Å². The van der Waals surface area contributed by atoms with E-state index in [4.69, 9.17) is 9.98 Å². The van der Waals surface area contributed by atoms with Crippen molar-refractivity contribution in [1.82, 2.24) is 9.55 Å². The molecule has 0 aliphatic carbocycles. The topological polar surface area (TPSA) is 30.2 Å². The lowest BCUT2D eigenvalue weighted by molar-refractivity contribution is 0.740. The second-order valence-electron chi connectivity index (χ2n) is 13.1. The zero-order chi connectivity index (χ0) is 31.7. The van der Waals surface area contributed by atoms with E-state index in [1.807, 2.05) is 0 Å². The number of hydrogen-bond donors (Lipinski definition) is 0. The minimum Gasteiger partial charge on any atom is -0.293 e. The van der Waals surface area contributed by atoms with Crippen LogP contribution in [-0.2, 0) is 5.41 Å². The van der Waals surface area contributed by atoms with Crippen LogP contribution in [0, 0.1) is 6.92 Å². The number of fused-ring (bicyclic) bond motifs is 6. The van der Waals surface area contributed by atoms with Crippen LogP contribution in [0.3, 0.4) is 0 Å². The highest BCUT2D eigenvalue weighted by atomic mass is 15.1. The lowest BCUT2D eigenvalue weighted by Gasteiger charge is -2.25. The van der Waals surface area contributed by atoms with Gasteiger partial charge in [-0.1, -0.05) is 127 Å². The van der Waals surface area contributed by atoms with Crippen LogP contribution in [0.15, 0.2) is 151 Å². The van der Waals surface area contributed by atoms with Crippen LogP contribution < -0.4 is 0 Å². The molecule has 0 radical (unpaired) electrons. The minimum atomic E-state index is -0.316. The smallest absolute Gasteiger partial charge is 0.141 e. The molecule has 9 rings (SSSR count). The van der Waals surface area contributed by atoms with Gasteiger partial charge in [-0.25, -0.2) is 4.98 Å². The predicted molar refractivity (Wildman–Crippen MR) is 197 cm³/mol. The summed E-state index contributed by atoms with van der Waals surface area (Å²) in [5.41, 5.74) is 13.5. The molecule has 0 unspecified atom stereocenters. The van der Waals surface area contributed by atoms with E-state index in [0.29, 0.717) is 0 Å². The quantitative estimate of drug-likeness (QED) is 0.197. The molecule has 0 N–H and O–H groups in total. The van der Waals surface area contributed by atoms with Gasteiger partial charge in [-0.05, 0) is 66.8 Å². The largest absolute Gasteiger partial charge is 0.293 e. The average Bonchev–Trinajstić information content (AvgIpc) is 3.59. The van der Waals surface area contributed by atoms with Gasteiger partial charge < -0.3 is 0 Å².